The van der Waals surface area contributed by atoms with Crippen LogP contribution >= 0.6 is 0 Å². The summed E-state index contributed by atoms with van der Waals surface area (Å²) >= 11 is 0. The maximum Gasteiger partial charge on any atom is 0.254 e. The summed E-state index contributed by atoms with van der Waals surface area (Å²) in [6.45, 7) is 7.45. The number of ether oxygens (including phenoxy) is 1. The van der Waals surface area contributed by atoms with Crippen LogP contribution in [-0.4, -0.2) is 67.0 Å². The zero-order chi connectivity index (χ0) is 24.5. The third-order valence-corrected chi connectivity index (χ3v) is 6.24. The van der Waals surface area contributed by atoms with Gasteiger partial charge >= 0.3 is 0 Å². The Labute approximate surface area is 203 Å². The fraction of sp³-hybridized carbons (Fsp3) is 0.481. The molecule has 7 nitrogen and oxygen atoms in total. The number of rotatable bonds is 10. The zero-order valence-electron chi connectivity index (χ0n) is 20.6. The molecule has 0 aliphatic carbocycles. The minimum Gasteiger partial charge on any atom is -0.497 e. The minimum absolute atomic E-state index is 0.143. The first kappa shape index (κ1) is 25.7. The van der Waals surface area contributed by atoms with Crippen molar-refractivity contribution in [2.45, 2.75) is 45.3 Å². The molecule has 1 heterocycles. The molecule has 184 valence electrons. The number of benzene rings is 2. The standard InChI is InChI=1S/C27H38N4O3/c1-20(2)18-30(19-21-8-5-4-6-9-21)23-12-15-31(25(17-23)26(32)29-14-13-28)27(33)22-10-7-11-24(16-22)34-3/h4-11,16,20,23,25H,12-15,17-19,28H2,1-3H3,(H,29,32)/t23?,25-/m1/s1. The van der Waals surface area contributed by atoms with Crippen molar-refractivity contribution in [3.8, 4) is 5.75 Å². The lowest BCUT2D eigenvalue weighted by molar-refractivity contribution is -0.127. The maximum atomic E-state index is 13.5. The summed E-state index contributed by atoms with van der Waals surface area (Å²) in [5.74, 6) is 0.819. The number of hydrogen-bond donors (Lipinski definition) is 2. The summed E-state index contributed by atoms with van der Waals surface area (Å²) in [5, 5.41) is 2.91. The predicted octanol–water partition coefficient (Wildman–Crippen LogP) is 2.90. The van der Waals surface area contributed by atoms with Crippen molar-refractivity contribution >= 4 is 11.8 Å². The molecule has 1 fully saturated rings. The van der Waals surface area contributed by atoms with Gasteiger partial charge in [-0.3, -0.25) is 14.5 Å². The van der Waals surface area contributed by atoms with Crippen LogP contribution in [0.15, 0.2) is 54.6 Å². The van der Waals surface area contributed by atoms with Crippen LogP contribution < -0.4 is 15.8 Å². The molecule has 3 N–H and O–H groups in total. The minimum atomic E-state index is -0.547. The highest BCUT2D eigenvalue weighted by atomic mass is 16.5. The fourth-order valence-electron chi connectivity index (χ4n) is 4.63. The van der Waals surface area contributed by atoms with Gasteiger partial charge in [0, 0.05) is 44.3 Å². The van der Waals surface area contributed by atoms with Crippen molar-refractivity contribution in [2.75, 3.05) is 33.3 Å². The Balaban J connectivity index is 1.83. The van der Waals surface area contributed by atoms with E-state index < -0.39 is 6.04 Å². The Hall–Kier alpha value is -2.90. The first-order chi connectivity index (χ1) is 16.4. The number of carbonyl (C=O) groups excluding carboxylic acids is 2. The van der Waals surface area contributed by atoms with Crippen molar-refractivity contribution in [3.05, 3.63) is 65.7 Å². The van der Waals surface area contributed by atoms with Gasteiger partial charge in [-0.25, -0.2) is 0 Å². The number of piperidine rings is 1. The second kappa shape index (κ2) is 12.5. The van der Waals surface area contributed by atoms with Crippen LogP contribution in [0.25, 0.3) is 0 Å². The summed E-state index contributed by atoms with van der Waals surface area (Å²) in [6, 6.07) is 17.2. The van der Waals surface area contributed by atoms with E-state index in [0.717, 1.165) is 19.5 Å². The number of nitrogens with zero attached hydrogens (tertiary/aromatic N) is 2. The van der Waals surface area contributed by atoms with Crippen LogP contribution in [0.5, 0.6) is 5.75 Å². The van der Waals surface area contributed by atoms with Gasteiger partial charge in [-0.1, -0.05) is 50.2 Å². The molecule has 0 radical (unpaired) electrons. The van der Waals surface area contributed by atoms with E-state index >= 15 is 0 Å². The molecule has 2 atom stereocenters. The van der Waals surface area contributed by atoms with Gasteiger partial charge in [0.15, 0.2) is 0 Å². The van der Waals surface area contributed by atoms with Crippen LogP contribution in [0, 0.1) is 5.92 Å². The molecule has 2 amide bonds. The summed E-state index contributed by atoms with van der Waals surface area (Å²) in [4.78, 5) is 30.8. The smallest absolute Gasteiger partial charge is 0.254 e. The van der Waals surface area contributed by atoms with E-state index in [2.05, 4.69) is 48.3 Å². The van der Waals surface area contributed by atoms with E-state index in [9.17, 15) is 9.59 Å². The molecule has 2 aromatic rings. The molecule has 1 unspecified atom stereocenters. The lowest BCUT2D eigenvalue weighted by Gasteiger charge is -2.43. The van der Waals surface area contributed by atoms with E-state index in [-0.39, 0.29) is 17.9 Å². The molecule has 0 saturated carbocycles. The first-order valence-corrected chi connectivity index (χ1v) is 12.1. The Morgan fingerprint density at radius 2 is 1.94 bits per heavy atom. The van der Waals surface area contributed by atoms with Gasteiger partial charge in [0.05, 0.1) is 7.11 Å². The van der Waals surface area contributed by atoms with Crippen molar-refractivity contribution < 1.29 is 14.3 Å². The summed E-state index contributed by atoms with van der Waals surface area (Å²) in [5.41, 5.74) is 7.40. The lowest BCUT2D eigenvalue weighted by atomic mass is 9.93. The molecule has 1 aliphatic heterocycles. The third-order valence-electron chi connectivity index (χ3n) is 6.24. The molecule has 0 aromatic heterocycles. The largest absolute Gasteiger partial charge is 0.497 e. The van der Waals surface area contributed by atoms with Crippen molar-refractivity contribution in [1.29, 1.82) is 0 Å². The van der Waals surface area contributed by atoms with E-state index in [1.165, 1.54) is 5.56 Å². The number of hydrogen-bond acceptors (Lipinski definition) is 5. The SMILES string of the molecule is COc1cccc(C(=O)N2CCC(N(Cc3ccccc3)CC(C)C)C[C@@H]2C(=O)NCCN)c1. The fourth-order valence-corrected chi connectivity index (χ4v) is 4.63. The summed E-state index contributed by atoms with van der Waals surface area (Å²) in [7, 11) is 1.58. The van der Waals surface area contributed by atoms with E-state index in [4.69, 9.17) is 10.5 Å². The molecule has 1 aliphatic rings. The quantitative estimate of drug-likeness (QED) is 0.562. The average Bonchev–Trinajstić information content (AvgIpc) is 2.86. The number of nitrogens with two attached hydrogens (primary N) is 1. The van der Waals surface area contributed by atoms with E-state index in [1.54, 1.807) is 30.2 Å². The van der Waals surface area contributed by atoms with Gasteiger partial charge in [-0.05, 0) is 42.5 Å². The lowest BCUT2D eigenvalue weighted by Crippen LogP contribution is -2.57. The van der Waals surface area contributed by atoms with Crippen molar-refractivity contribution in [1.82, 2.24) is 15.1 Å². The number of carbonyl (C=O) groups is 2. The van der Waals surface area contributed by atoms with Crippen molar-refractivity contribution in [3.63, 3.8) is 0 Å². The molecule has 34 heavy (non-hydrogen) atoms. The van der Waals surface area contributed by atoms with Crippen LogP contribution in [0.4, 0.5) is 0 Å². The first-order valence-electron chi connectivity index (χ1n) is 12.1. The Bertz CT molecular complexity index is 934. The normalized spacial score (nSPS) is 18.2. The highest BCUT2D eigenvalue weighted by molar-refractivity contribution is 5.98. The third kappa shape index (κ3) is 6.81. The van der Waals surface area contributed by atoms with Gasteiger partial charge in [-0.2, -0.15) is 0 Å². The monoisotopic (exact) mass is 466 g/mol. The van der Waals surface area contributed by atoms with Gasteiger partial charge in [0.2, 0.25) is 5.91 Å². The molecule has 2 aromatic carbocycles. The number of methoxy groups -OCH3 is 1. The van der Waals surface area contributed by atoms with Gasteiger partial charge in [0.1, 0.15) is 11.8 Å². The summed E-state index contributed by atoms with van der Waals surface area (Å²) in [6.07, 6.45) is 1.40. The number of likely N-dealkylation sites (tertiary alicyclic amines) is 1. The number of nitrogens with one attached hydrogen (secondary N) is 1. The molecule has 7 heteroatoms. The van der Waals surface area contributed by atoms with Gasteiger partial charge in [0.25, 0.3) is 5.91 Å². The van der Waals surface area contributed by atoms with Crippen LogP contribution in [-0.2, 0) is 11.3 Å². The second-order valence-electron chi connectivity index (χ2n) is 9.31. The highest BCUT2D eigenvalue weighted by Gasteiger charge is 2.38. The Kier molecular flexibility index (Phi) is 9.48. The molecule has 0 bridgehead atoms. The molecule has 0 spiro atoms. The maximum absolute atomic E-state index is 13.5. The van der Waals surface area contributed by atoms with Crippen LogP contribution in [0.1, 0.15) is 42.6 Å². The second-order valence-corrected chi connectivity index (χ2v) is 9.31. The highest BCUT2D eigenvalue weighted by Crippen LogP contribution is 2.27. The number of amides is 2. The molecular formula is C27H38N4O3. The van der Waals surface area contributed by atoms with Gasteiger partial charge < -0.3 is 20.7 Å². The van der Waals surface area contributed by atoms with Crippen molar-refractivity contribution in [2.24, 2.45) is 11.7 Å². The zero-order valence-corrected chi connectivity index (χ0v) is 20.6. The van der Waals surface area contributed by atoms with Crippen LogP contribution in [0.3, 0.4) is 0 Å². The Morgan fingerprint density at radius 3 is 2.62 bits per heavy atom. The van der Waals surface area contributed by atoms with E-state index in [1.807, 2.05) is 12.1 Å². The molecular weight excluding hydrogens is 428 g/mol. The van der Waals surface area contributed by atoms with Gasteiger partial charge in [-0.15, -0.1) is 0 Å². The molecule has 3 rings (SSSR count). The van der Waals surface area contributed by atoms with Crippen LogP contribution in [0.2, 0.25) is 0 Å². The summed E-state index contributed by atoms with van der Waals surface area (Å²) < 4.78 is 5.29. The van der Waals surface area contributed by atoms with E-state index in [0.29, 0.717) is 43.3 Å². The topological polar surface area (TPSA) is 87.9 Å². The molecule has 1 saturated heterocycles. The average molecular weight is 467 g/mol. The Morgan fingerprint density at radius 1 is 1.18 bits per heavy atom. The predicted molar refractivity (Wildman–Crippen MR) is 135 cm³/mol.